The van der Waals surface area contributed by atoms with Crippen LogP contribution in [0.25, 0.3) is 11.1 Å². The number of aromatic nitrogens is 2. The molecule has 0 atom stereocenters. The summed E-state index contributed by atoms with van der Waals surface area (Å²) in [5.74, 6) is 1.81. The van der Waals surface area contributed by atoms with Gasteiger partial charge in [-0.05, 0) is 60.9 Å². The maximum Gasteiger partial charge on any atom is 0.253 e. The number of anilines is 1. The summed E-state index contributed by atoms with van der Waals surface area (Å²) in [5.41, 5.74) is 4.53. The van der Waals surface area contributed by atoms with E-state index in [1.165, 1.54) is 5.56 Å². The van der Waals surface area contributed by atoms with Gasteiger partial charge in [-0.1, -0.05) is 61.5 Å². The number of amides is 1. The normalized spacial score (nSPS) is 13.1. The number of hydrogen-bond donors (Lipinski definition) is 0. The van der Waals surface area contributed by atoms with Crippen molar-refractivity contribution in [2.75, 3.05) is 18.1 Å². The first kappa shape index (κ1) is 24.8. The van der Waals surface area contributed by atoms with Crippen LogP contribution < -0.4 is 4.90 Å². The van der Waals surface area contributed by atoms with Crippen LogP contribution in [0.2, 0.25) is 0 Å². The molecule has 1 saturated carbocycles. The number of carbonyl (C=O) groups is 1. The van der Waals surface area contributed by atoms with E-state index in [9.17, 15) is 9.18 Å². The zero-order chi connectivity index (χ0) is 24.6. The summed E-state index contributed by atoms with van der Waals surface area (Å²) >= 11 is 0. The molecule has 1 heterocycles. The van der Waals surface area contributed by atoms with E-state index in [4.69, 9.17) is 4.52 Å². The first-order valence-corrected chi connectivity index (χ1v) is 12.7. The summed E-state index contributed by atoms with van der Waals surface area (Å²) in [6.45, 7) is 5.93. The number of aryl methyl sites for hydroxylation is 2. The lowest BCUT2D eigenvalue weighted by atomic mass is 10.0. The second-order valence-corrected chi connectivity index (χ2v) is 9.23. The average molecular weight is 476 g/mol. The Morgan fingerprint density at radius 3 is 2.63 bits per heavy atom. The fraction of sp³-hybridized carbons (Fsp3) is 0.414. The van der Waals surface area contributed by atoms with Crippen LogP contribution in [0.5, 0.6) is 0 Å². The van der Waals surface area contributed by atoms with Crippen LogP contribution in [-0.4, -0.2) is 29.3 Å². The van der Waals surface area contributed by atoms with Gasteiger partial charge in [0.05, 0.1) is 6.67 Å². The molecule has 1 amide bonds. The maximum atomic E-state index is 13.1. The van der Waals surface area contributed by atoms with Gasteiger partial charge in [0, 0.05) is 36.6 Å². The third-order valence-electron chi connectivity index (χ3n) is 6.50. The monoisotopic (exact) mass is 475 g/mol. The van der Waals surface area contributed by atoms with Gasteiger partial charge in [-0.3, -0.25) is 9.18 Å². The lowest BCUT2D eigenvalue weighted by Crippen LogP contribution is -2.33. The zero-order valence-corrected chi connectivity index (χ0v) is 20.5. The van der Waals surface area contributed by atoms with Gasteiger partial charge in [0.15, 0.2) is 5.82 Å². The number of benzene rings is 2. The molecule has 3 aromatic rings. The summed E-state index contributed by atoms with van der Waals surface area (Å²) in [6, 6.07) is 16.4. The Morgan fingerprint density at radius 1 is 1.11 bits per heavy atom. The number of unbranched alkanes of at least 4 members (excludes halogenated alkanes) is 2. The Kier molecular flexibility index (Phi) is 8.45. The molecule has 184 valence electrons. The van der Waals surface area contributed by atoms with E-state index in [0.717, 1.165) is 67.6 Å². The van der Waals surface area contributed by atoms with Gasteiger partial charge in [-0.25, -0.2) is 0 Å². The highest BCUT2D eigenvalue weighted by Crippen LogP contribution is 2.38. The average Bonchev–Trinajstić information content (AvgIpc) is 3.64. The van der Waals surface area contributed by atoms with Gasteiger partial charge in [-0.2, -0.15) is 4.98 Å². The van der Waals surface area contributed by atoms with Crippen LogP contribution in [0.4, 0.5) is 10.1 Å². The minimum absolute atomic E-state index is 0.0496. The molecule has 0 aliphatic heterocycles. The lowest BCUT2D eigenvalue weighted by Gasteiger charge is -2.24. The Bertz CT molecular complexity index is 1130. The maximum absolute atomic E-state index is 13.1. The number of hydrogen-bond acceptors (Lipinski definition) is 4. The van der Waals surface area contributed by atoms with Crippen molar-refractivity contribution in [3.05, 3.63) is 78.0 Å². The van der Waals surface area contributed by atoms with Crippen molar-refractivity contribution in [3.63, 3.8) is 0 Å². The second-order valence-electron chi connectivity index (χ2n) is 9.23. The smallest absolute Gasteiger partial charge is 0.253 e. The molecule has 0 bridgehead atoms. The quantitative estimate of drug-likeness (QED) is 0.201. The van der Waals surface area contributed by atoms with Crippen LogP contribution in [0.1, 0.15) is 68.6 Å². The Hall–Kier alpha value is -3.28. The van der Waals surface area contributed by atoms with Crippen LogP contribution in [0.15, 0.2) is 65.2 Å². The third kappa shape index (κ3) is 6.65. The number of rotatable bonds is 13. The summed E-state index contributed by atoms with van der Waals surface area (Å²) in [7, 11) is 0. The van der Waals surface area contributed by atoms with Gasteiger partial charge in [0.25, 0.3) is 5.91 Å². The van der Waals surface area contributed by atoms with Crippen LogP contribution in [0, 0.1) is 0 Å². The van der Waals surface area contributed by atoms with E-state index < -0.39 is 6.67 Å². The largest absolute Gasteiger partial charge is 0.339 e. The van der Waals surface area contributed by atoms with E-state index in [0.29, 0.717) is 23.9 Å². The Labute approximate surface area is 207 Å². The van der Waals surface area contributed by atoms with Crippen molar-refractivity contribution >= 4 is 11.6 Å². The number of halogens is 1. The van der Waals surface area contributed by atoms with Gasteiger partial charge in [-0.15, -0.1) is 0 Å². The fourth-order valence-corrected chi connectivity index (χ4v) is 4.15. The van der Waals surface area contributed by atoms with Gasteiger partial charge >= 0.3 is 0 Å². The van der Waals surface area contributed by atoms with Crippen LogP contribution >= 0.6 is 0 Å². The molecule has 0 spiro atoms. The third-order valence-corrected chi connectivity index (χ3v) is 6.50. The highest BCUT2D eigenvalue weighted by atomic mass is 19.1. The van der Waals surface area contributed by atoms with Crippen molar-refractivity contribution in [3.8, 4) is 11.1 Å². The van der Waals surface area contributed by atoms with Crippen molar-refractivity contribution in [1.29, 1.82) is 0 Å². The van der Waals surface area contributed by atoms with E-state index in [1.54, 1.807) is 4.90 Å². The first-order chi connectivity index (χ1) is 17.1. The minimum Gasteiger partial charge on any atom is -0.339 e. The van der Waals surface area contributed by atoms with E-state index >= 15 is 0 Å². The molecule has 2 aromatic carbocycles. The van der Waals surface area contributed by atoms with Crippen LogP contribution in [-0.2, 0) is 17.6 Å². The molecule has 5 nitrogen and oxygen atoms in total. The van der Waals surface area contributed by atoms with Gasteiger partial charge < -0.3 is 9.42 Å². The molecule has 0 N–H and O–H groups in total. The van der Waals surface area contributed by atoms with Gasteiger partial charge in [0.1, 0.15) is 0 Å². The van der Waals surface area contributed by atoms with E-state index in [-0.39, 0.29) is 12.3 Å². The molecule has 1 aliphatic rings. The summed E-state index contributed by atoms with van der Waals surface area (Å²) < 4.78 is 18.3. The summed E-state index contributed by atoms with van der Waals surface area (Å²) in [4.78, 5) is 19.4. The predicted octanol–water partition coefficient (Wildman–Crippen LogP) is 6.84. The highest BCUT2D eigenvalue weighted by molar-refractivity contribution is 6.05. The lowest BCUT2D eigenvalue weighted by molar-refractivity contribution is -0.115. The van der Waals surface area contributed by atoms with E-state index in [2.05, 4.69) is 47.9 Å². The number of nitrogens with zero attached hydrogens (tertiary/aromatic N) is 3. The highest BCUT2D eigenvalue weighted by Gasteiger charge is 2.28. The summed E-state index contributed by atoms with van der Waals surface area (Å²) in [6.07, 6.45) is 6.73. The molecular weight excluding hydrogens is 441 g/mol. The SMILES string of the molecule is C=C(CCF)C(=O)N(CCCCCc1nc(C2CC2)no1)c1cccc(-c2ccc(CC)cc2)c1. The zero-order valence-electron chi connectivity index (χ0n) is 20.5. The van der Waals surface area contributed by atoms with Crippen molar-refractivity contribution in [2.45, 2.75) is 64.2 Å². The topological polar surface area (TPSA) is 59.2 Å². The Balaban J connectivity index is 1.40. The minimum atomic E-state index is -0.588. The number of carbonyl (C=O) groups excluding carboxylic acids is 1. The Morgan fingerprint density at radius 2 is 1.91 bits per heavy atom. The van der Waals surface area contributed by atoms with Gasteiger partial charge in [0.2, 0.25) is 5.89 Å². The molecule has 0 unspecified atom stereocenters. The standard InChI is InChI=1S/C29H34FN3O2/c1-3-22-11-13-23(14-12-22)25-8-7-9-26(20-25)33(29(34)21(2)17-18-30)19-6-4-5-10-27-31-28(32-35-27)24-15-16-24/h7-9,11-14,20,24H,2-6,10,15-19H2,1H3. The first-order valence-electron chi connectivity index (χ1n) is 12.7. The molecule has 1 fully saturated rings. The molecule has 0 saturated heterocycles. The molecule has 1 aromatic heterocycles. The summed E-state index contributed by atoms with van der Waals surface area (Å²) in [5, 5.41) is 4.07. The molecule has 35 heavy (non-hydrogen) atoms. The second kappa shape index (κ2) is 11.9. The predicted molar refractivity (Wildman–Crippen MR) is 137 cm³/mol. The van der Waals surface area contributed by atoms with Crippen molar-refractivity contribution < 1.29 is 13.7 Å². The molecule has 1 aliphatic carbocycles. The molecular formula is C29H34FN3O2. The van der Waals surface area contributed by atoms with E-state index in [1.807, 2.05) is 24.3 Å². The fourth-order valence-electron chi connectivity index (χ4n) is 4.15. The number of alkyl halides is 1. The van der Waals surface area contributed by atoms with Crippen LogP contribution in [0.3, 0.4) is 0 Å². The van der Waals surface area contributed by atoms with Crippen molar-refractivity contribution in [2.24, 2.45) is 0 Å². The molecule has 6 heteroatoms. The van der Waals surface area contributed by atoms with Crippen molar-refractivity contribution in [1.82, 2.24) is 10.1 Å². The molecule has 0 radical (unpaired) electrons. The molecule has 4 rings (SSSR count).